The molecule has 0 aliphatic carbocycles. The van der Waals surface area contributed by atoms with Gasteiger partial charge in [0, 0.05) is 23.3 Å². The van der Waals surface area contributed by atoms with E-state index in [1.807, 2.05) is 71.6 Å². The molecule has 0 aliphatic heterocycles. The second kappa shape index (κ2) is 11.2. The number of ether oxygens (including phenoxy) is 1. The first-order valence-electron chi connectivity index (χ1n) is 11.7. The van der Waals surface area contributed by atoms with Gasteiger partial charge in [-0.2, -0.15) is 0 Å². The van der Waals surface area contributed by atoms with Gasteiger partial charge in [0.05, 0.1) is 42.3 Å². The predicted molar refractivity (Wildman–Crippen MR) is 145 cm³/mol. The summed E-state index contributed by atoms with van der Waals surface area (Å²) in [6, 6.07) is 14.6. The molecule has 0 aliphatic rings. The zero-order valence-electron chi connectivity index (χ0n) is 20.8. The lowest BCUT2D eigenvalue weighted by Gasteiger charge is -2.19. The van der Waals surface area contributed by atoms with E-state index in [1.165, 1.54) is 11.3 Å². The first-order valence-corrected chi connectivity index (χ1v) is 14.2. The van der Waals surface area contributed by atoms with E-state index in [1.54, 1.807) is 13.4 Å². The van der Waals surface area contributed by atoms with Crippen LogP contribution >= 0.6 is 11.3 Å². The van der Waals surface area contributed by atoms with E-state index in [-0.39, 0.29) is 11.7 Å². The summed E-state index contributed by atoms with van der Waals surface area (Å²) in [5.74, 6) is 0.914. The number of thiazole rings is 1. The molecule has 36 heavy (non-hydrogen) atoms. The minimum atomic E-state index is -3.55. The number of rotatable bonds is 11. The minimum absolute atomic E-state index is 0.0692. The number of benzene rings is 2. The fraction of sp³-hybridized carbons (Fsp3) is 0.308. The number of anilines is 2. The Bertz CT molecular complexity index is 1400. The average Bonchev–Trinajstić information content (AvgIpc) is 3.47. The van der Waals surface area contributed by atoms with Gasteiger partial charge in [-0.25, -0.2) is 23.1 Å². The van der Waals surface area contributed by atoms with Gasteiger partial charge in [-0.05, 0) is 37.0 Å². The normalized spacial score (nSPS) is 12.6. The van der Waals surface area contributed by atoms with Gasteiger partial charge in [0.1, 0.15) is 5.75 Å². The van der Waals surface area contributed by atoms with Gasteiger partial charge in [0.15, 0.2) is 5.13 Å². The first-order chi connectivity index (χ1) is 17.2. The molecular weight excluding hydrogens is 494 g/mol. The summed E-state index contributed by atoms with van der Waals surface area (Å²) in [4.78, 5) is 9.00. The molecular formula is C26H31N5O3S2. The molecule has 2 N–H and O–H groups in total. The Kier molecular flexibility index (Phi) is 8.07. The molecule has 190 valence electrons. The van der Waals surface area contributed by atoms with Crippen LogP contribution < -0.4 is 14.8 Å². The highest BCUT2D eigenvalue weighted by atomic mass is 32.2. The SMILES string of the molecule is COc1cc(Nc2nc(C(CC(C)C)NS(=O)(=O)Cc3ccccc3)cs2)ccc1-n1cnc(C)c1. The van der Waals surface area contributed by atoms with Crippen molar-refractivity contribution in [3.63, 3.8) is 0 Å². The maximum atomic E-state index is 12.9. The molecule has 0 saturated heterocycles. The molecule has 0 bridgehead atoms. The largest absolute Gasteiger partial charge is 0.494 e. The van der Waals surface area contributed by atoms with Crippen LogP contribution in [0.3, 0.4) is 0 Å². The van der Waals surface area contributed by atoms with Crippen molar-refractivity contribution in [1.82, 2.24) is 19.3 Å². The molecule has 2 aromatic carbocycles. The second-order valence-electron chi connectivity index (χ2n) is 9.06. The number of hydrogen-bond acceptors (Lipinski definition) is 7. The average molecular weight is 526 g/mol. The fourth-order valence-electron chi connectivity index (χ4n) is 3.90. The lowest BCUT2D eigenvalue weighted by atomic mass is 10.0. The highest BCUT2D eigenvalue weighted by Crippen LogP contribution is 2.31. The van der Waals surface area contributed by atoms with E-state index in [0.29, 0.717) is 23.0 Å². The maximum absolute atomic E-state index is 12.9. The summed E-state index contributed by atoms with van der Waals surface area (Å²) in [6.45, 7) is 6.08. The van der Waals surface area contributed by atoms with Crippen molar-refractivity contribution in [3.05, 3.63) is 83.4 Å². The van der Waals surface area contributed by atoms with Gasteiger partial charge in [-0.1, -0.05) is 44.2 Å². The van der Waals surface area contributed by atoms with Crippen LogP contribution in [0.25, 0.3) is 5.69 Å². The standard InChI is InChI=1S/C26H31N5O3S2/c1-18(2)12-22(30-36(32,33)16-20-8-6-5-7-9-20)23-15-35-26(29-23)28-21-10-11-24(25(13-21)34-4)31-14-19(3)27-17-31/h5-11,13-15,17-18,22,30H,12,16H2,1-4H3,(H,28,29). The molecule has 0 spiro atoms. The summed E-state index contributed by atoms with van der Waals surface area (Å²) >= 11 is 1.43. The number of hydrogen-bond donors (Lipinski definition) is 2. The zero-order valence-corrected chi connectivity index (χ0v) is 22.4. The van der Waals surface area contributed by atoms with Crippen molar-refractivity contribution in [2.24, 2.45) is 5.92 Å². The second-order valence-corrected chi connectivity index (χ2v) is 11.7. The van der Waals surface area contributed by atoms with Gasteiger partial charge >= 0.3 is 0 Å². The van der Waals surface area contributed by atoms with E-state index >= 15 is 0 Å². The van der Waals surface area contributed by atoms with Crippen molar-refractivity contribution in [1.29, 1.82) is 0 Å². The van der Waals surface area contributed by atoms with Crippen molar-refractivity contribution in [2.45, 2.75) is 39.0 Å². The molecule has 0 amide bonds. The van der Waals surface area contributed by atoms with Gasteiger partial charge in [0.2, 0.25) is 10.0 Å². The van der Waals surface area contributed by atoms with Gasteiger partial charge in [0.25, 0.3) is 0 Å². The van der Waals surface area contributed by atoms with Gasteiger partial charge < -0.3 is 14.6 Å². The Balaban J connectivity index is 1.51. The monoisotopic (exact) mass is 525 g/mol. The molecule has 2 heterocycles. The van der Waals surface area contributed by atoms with Crippen molar-refractivity contribution < 1.29 is 13.2 Å². The van der Waals surface area contributed by atoms with Crippen LogP contribution in [0.4, 0.5) is 10.8 Å². The van der Waals surface area contributed by atoms with E-state index in [4.69, 9.17) is 9.72 Å². The summed E-state index contributed by atoms with van der Waals surface area (Å²) < 4.78 is 36.2. The van der Waals surface area contributed by atoms with Crippen molar-refractivity contribution in [3.8, 4) is 11.4 Å². The lowest BCUT2D eigenvalue weighted by Crippen LogP contribution is -2.31. The third-order valence-electron chi connectivity index (χ3n) is 5.53. The van der Waals surface area contributed by atoms with E-state index in [2.05, 4.69) is 28.9 Å². The quantitative estimate of drug-likeness (QED) is 0.265. The molecule has 4 rings (SSSR count). The van der Waals surface area contributed by atoms with Crippen LogP contribution in [0.1, 0.15) is 43.3 Å². The fourth-order valence-corrected chi connectivity index (χ4v) is 6.05. The van der Waals surface area contributed by atoms with E-state index in [0.717, 1.165) is 22.6 Å². The maximum Gasteiger partial charge on any atom is 0.216 e. The van der Waals surface area contributed by atoms with Gasteiger partial charge in [-0.3, -0.25) is 0 Å². The molecule has 0 radical (unpaired) electrons. The smallest absolute Gasteiger partial charge is 0.216 e. The van der Waals surface area contributed by atoms with Crippen LogP contribution in [0.15, 0.2) is 66.4 Å². The van der Waals surface area contributed by atoms with Gasteiger partial charge in [-0.15, -0.1) is 11.3 Å². The topological polar surface area (TPSA) is 98.1 Å². The predicted octanol–water partition coefficient (Wildman–Crippen LogP) is 5.60. The number of nitrogens with one attached hydrogen (secondary N) is 2. The number of aryl methyl sites for hydroxylation is 1. The Morgan fingerprint density at radius 1 is 1.14 bits per heavy atom. The third-order valence-corrected chi connectivity index (χ3v) is 7.66. The lowest BCUT2D eigenvalue weighted by molar-refractivity contribution is 0.413. The summed E-state index contributed by atoms with van der Waals surface area (Å²) in [5, 5.41) is 5.90. The van der Waals surface area contributed by atoms with Crippen LogP contribution in [0.2, 0.25) is 0 Å². The molecule has 10 heteroatoms. The van der Waals surface area contributed by atoms with Crippen LogP contribution in [0.5, 0.6) is 5.75 Å². The molecule has 4 aromatic rings. The molecule has 1 atom stereocenters. The van der Waals surface area contributed by atoms with Crippen LogP contribution in [-0.4, -0.2) is 30.1 Å². The Labute approximate surface area is 216 Å². The minimum Gasteiger partial charge on any atom is -0.494 e. The summed E-state index contributed by atoms with van der Waals surface area (Å²) in [7, 11) is -1.91. The van der Waals surface area contributed by atoms with Crippen molar-refractivity contribution >= 4 is 32.2 Å². The third kappa shape index (κ3) is 6.71. The highest BCUT2D eigenvalue weighted by molar-refractivity contribution is 7.88. The number of sulfonamides is 1. The Morgan fingerprint density at radius 3 is 2.58 bits per heavy atom. The van der Waals surface area contributed by atoms with E-state index < -0.39 is 16.1 Å². The summed E-state index contributed by atoms with van der Waals surface area (Å²) in [5.41, 5.74) is 4.07. The number of aromatic nitrogens is 3. The Hall–Kier alpha value is -3.21. The molecule has 1 unspecified atom stereocenters. The highest BCUT2D eigenvalue weighted by Gasteiger charge is 2.23. The number of methoxy groups -OCH3 is 1. The summed E-state index contributed by atoms with van der Waals surface area (Å²) in [6.07, 6.45) is 4.33. The first kappa shape index (κ1) is 25.9. The van der Waals surface area contributed by atoms with E-state index in [9.17, 15) is 8.42 Å². The Morgan fingerprint density at radius 2 is 1.92 bits per heavy atom. The molecule has 2 aromatic heterocycles. The molecule has 0 saturated carbocycles. The number of imidazole rings is 1. The molecule has 0 fully saturated rings. The zero-order chi connectivity index (χ0) is 25.7. The van der Waals surface area contributed by atoms with Crippen LogP contribution in [0, 0.1) is 12.8 Å². The molecule has 8 nitrogen and oxygen atoms in total. The number of nitrogens with zero attached hydrogens (tertiary/aromatic N) is 3. The van der Waals surface area contributed by atoms with Crippen LogP contribution in [-0.2, 0) is 15.8 Å². The van der Waals surface area contributed by atoms with Crippen molar-refractivity contribution in [2.75, 3.05) is 12.4 Å².